The lowest BCUT2D eigenvalue weighted by atomic mass is 10.1. The first-order valence-corrected chi connectivity index (χ1v) is 12.0. The number of ether oxygens (including phenoxy) is 2. The number of phosphoric ester groups is 1. The maximum Gasteiger partial charge on any atom is 0.472 e. The second kappa shape index (κ2) is 17.8. The number of nitrogens with two attached hydrogens (primary N) is 1. The van der Waals surface area contributed by atoms with Crippen LogP contribution in [0.15, 0.2) is 0 Å². The number of unbranched alkanes of at least 4 members (excludes halogenated alkanes) is 6. The third-order valence-corrected chi connectivity index (χ3v) is 4.95. The molecule has 0 aliphatic rings. The molecule has 0 saturated carbocycles. The molecule has 0 bridgehead atoms. The number of esters is 2. The Morgan fingerprint density at radius 2 is 1.55 bits per heavy atom. The lowest BCUT2D eigenvalue weighted by molar-refractivity contribution is -0.161. The Morgan fingerprint density at radius 1 is 0.897 bits per heavy atom. The van der Waals surface area contributed by atoms with Gasteiger partial charge in [-0.05, 0) is 12.8 Å². The molecule has 9 nitrogen and oxygen atoms in total. The van der Waals surface area contributed by atoms with Crippen LogP contribution in [0.1, 0.15) is 78.1 Å². The van der Waals surface area contributed by atoms with Gasteiger partial charge in [0, 0.05) is 19.4 Å². The second-order valence-corrected chi connectivity index (χ2v) is 8.26. The summed E-state index contributed by atoms with van der Waals surface area (Å²) in [4.78, 5) is 33.2. The Balaban J connectivity index is 4.39. The summed E-state index contributed by atoms with van der Waals surface area (Å²) >= 11 is 0. The van der Waals surface area contributed by atoms with E-state index in [0.29, 0.717) is 12.8 Å². The van der Waals surface area contributed by atoms with E-state index in [0.717, 1.165) is 19.3 Å². The number of carbonyl (C=O) groups excluding carboxylic acids is 2. The van der Waals surface area contributed by atoms with Crippen LogP contribution in [0.25, 0.3) is 0 Å². The van der Waals surface area contributed by atoms with Crippen molar-refractivity contribution in [2.24, 2.45) is 5.73 Å². The van der Waals surface area contributed by atoms with Gasteiger partial charge in [-0.25, -0.2) is 4.57 Å². The van der Waals surface area contributed by atoms with Gasteiger partial charge >= 0.3 is 19.8 Å². The molecule has 0 saturated heterocycles. The molecule has 1 unspecified atom stereocenters. The van der Waals surface area contributed by atoms with Crippen LogP contribution in [0.2, 0.25) is 0 Å². The van der Waals surface area contributed by atoms with Crippen LogP contribution in [-0.2, 0) is 32.7 Å². The zero-order chi connectivity index (χ0) is 22.0. The molecule has 3 N–H and O–H groups in total. The fourth-order valence-electron chi connectivity index (χ4n) is 2.43. The van der Waals surface area contributed by atoms with Crippen molar-refractivity contribution in [2.75, 3.05) is 26.4 Å². The quantitative estimate of drug-likeness (QED) is 0.176. The third kappa shape index (κ3) is 17.6. The predicted octanol–water partition coefficient (Wildman–Crippen LogP) is 3.47. The van der Waals surface area contributed by atoms with Gasteiger partial charge in [-0.1, -0.05) is 52.4 Å². The first-order chi connectivity index (χ1) is 13.8. The van der Waals surface area contributed by atoms with Crippen molar-refractivity contribution in [3.8, 4) is 0 Å². The van der Waals surface area contributed by atoms with Crippen molar-refractivity contribution >= 4 is 19.8 Å². The Kier molecular flexibility index (Phi) is 17.2. The first kappa shape index (κ1) is 28.0. The molecule has 29 heavy (non-hydrogen) atoms. The number of hydrogen-bond donors (Lipinski definition) is 2. The van der Waals surface area contributed by atoms with Crippen LogP contribution < -0.4 is 5.73 Å². The summed E-state index contributed by atoms with van der Waals surface area (Å²) in [6.45, 7) is 3.22. The van der Waals surface area contributed by atoms with Crippen molar-refractivity contribution in [3.05, 3.63) is 0 Å². The summed E-state index contributed by atoms with van der Waals surface area (Å²) in [7, 11) is -4.32. The first-order valence-electron chi connectivity index (χ1n) is 10.5. The highest BCUT2D eigenvalue weighted by Crippen LogP contribution is 2.43. The Morgan fingerprint density at radius 3 is 2.17 bits per heavy atom. The van der Waals surface area contributed by atoms with Gasteiger partial charge < -0.3 is 20.1 Å². The van der Waals surface area contributed by atoms with Crippen molar-refractivity contribution < 1.29 is 37.6 Å². The number of hydrogen-bond acceptors (Lipinski definition) is 8. The second-order valence-electron chi connectivity index (χ2n) is 6.80. The zero-order valence-electron chi connectivity index (χ0n) is 17.8. The van der Waals surface area contributed by atoms with E-state index in [9.17, 15) is 19.0 Å². The highest BCUT2D eigenvalue weighted by atomic mass is 31.2. The van der Waals surface area contributed by atoms with Crippen LogP contribution in [0.3, 0.4) is 0 Å². The number of phosphoric acid groups is 1. The number of carbonyl (C=O) groups is 2. The average Bonchev–Trinajstić information content (AvgIpc) is 2.68. The summed E-state index contributed by atoms with van der Waals surface area (Å²) in [5, 5.41) is 0. The normalized spacial score (nSPS) is 14.2. The molecule has 10 heteroatoms. The molecule has 0 amide bonds. The minimum Gasteiger partial charge on any atom is -0.462 e. The summed E-state index contributed by atoms with van der Waals surface area (Å²) in [6, 6.07) is 0. The minimum absolute atomic E-state index is 0.0550. The van der Waals surface area contributed by atoms with Crippen LogP contribution in [0.5, 0.6) is 0 Å². The molecule has 172 valence electrons. The average molecular weight is 439 g/mol. The van der Waals surface area contributed by atoms with Crippen LogP contribution in [0.4, 0.5) is 0 Å². The van der Waals surface area contributed by atoms with Gasteiger partial charge in [0.25, 0.3) is 0 Å². The van der Waals surface area contributed by atoms with E-state index < -0.39 is 32.5 Å². The van der Waals surface area contributed by atoms with Gasteiger partial charge in [0.15, 0.2) is 6.10 Å². The zero-order valence-corrected chi connectivity index (χ0v) is 18.7. The van der Waals surface area contributed by atoms with E-state index in [4.69, 9.17) is 19.7 Å². The molecule has 0 aromatic carbocycles. The van der Waals surface area contributed by atoms with Gasteiger partial charge in [-0.3, -0.25) is 18.6 Å². The van der Waals surface area contributed by atoms with E-state index in [1.807, 2.05) is 6.92 Å². The third-order valence-electron chi connectivity index (χ3n) is 3.96. The highest BCUT2D eigenvalue weighted by Gasteiger charge is 2.25. The maximum atomic E-state index is 12.1. The SMILES string of the molecule is CCCCCCCCCC(=O)O[C@H](COC(=O)CCC)COP(=O)(O)OCCN. The summed E-state index contributed by atoms with van der Waals surface area (Å²) in [5.41, 5.74) is 5.22. The largest absolute Gasteiger partial charge is 0.472 e. The smallest absolute Gasteiger partial charge is 0.462 e. The Bertz CT molecular complexity index is 489. The molecule has 0 spiro atoms. The molecule has 0 rings (SSSR count). The molecule has 2 atom stereocenters. The fraction of sp³-hybridized carbons (Fsp3) is 0.895. The molecule has 0 aromatic heterocycles. The van der Waals surface area contributed by atoms with Gasteiger partial charge in [0.05, 0.1) is 13.2 Å². The lowest BCUT2D eigenvalue weighted by Gasteiger charge is -2.19. The molecule has 0 radical (unpaired) electrons. The molecule has 0 aromatic rings. The van der Waals surface area contributed by atoms with E-state index in [2.05, 4.69) is 11.4 Å². The highest BCUT2D eigenvalue weighted by molar-refractivity contribution is 7.47. The van der Waals surface area contributed by atoms with Crippen LogP contribution in [-0.4, -0.2) is 49.3 Å². The van der Waals surface area contributed by atoms with Crippen molar-refractivity contribution in [3.63, 3.8) is 0 Å². The van der Waals surface area contributed by atoms with Crippen molar-refractivity contribution in [1.29, 1.82) is 0 Å². The summed E-state index contributed by atoms with van der Waals surface area (Å²) in [5.74, 6) is -0.901. The van der Waals surface area contributed by atoms with E-state index >= 15 is 0 Å². The van der Waals surface area contributed by atoms with E-state index in [1.54, 1.807) is 0 Å². The summed E-state index contributed by atoms with van der Waals surface area (Å²) < 4.78 is 31.5. The Hall–Kier alpha value is -0.990. The minimum atomic E-state index is -4.32. The van der Waals surface area contributed by atoms with Crippen LogP contribution in [0, 0.1) is 0 Å². The van der Waals surface area contributed by atoms with Gasteiger partial charge in [-0.15, -0.1) is 0 Å². The number of rotatable bonds is 19. The Labute approximate surface area is 174 Å². The monoisotopic (exact) mass is 439 g/mol. The maximum absolute atomic E-state index is 12.1. The molecule has 0 aliphatic heterocycles. The van der Waals surface area contributed by atoms with Gasteiger partial charge in [0.1, 0.15) is 6.61 Å². The molecular weight excluding hydrogens is 401 g/mol. The topological polar surface area (TPSA) is 134 Å². The van der Waals surface area contributed by atoms with Crippen molar-refractivity contribution in [2.45, 2.75) is 84.2 Å². The van der Waals surface area contributed by atoms with Crippen molar-refractivity contribution in [1.82, 2.24) is 0 Å². The lowest BCUT2D eigenvalue weighted by Crippen LogP contribution is -2.29. The van der Waals surface area contributed by atoms with Crippen LogP contribution >= 0.6 is 7.82 Å². The molecule has 0 heterocycles. The molecule has 0 aliphatic carbocycles. The van der Waals surface area contributed by atoms with E-state index in [-0.39, 0.29) is 32.6 Å². The van der Waals surface area contributed by atoms with Gasteiger partial charge in [0.2, 0.25) is 0 Å². The standard InChI is InChI=1S/C19H38NO8P/c1-3-5-6-7-8-9-10-12-19(22)28-17(15-25-18(21)11-4-2)16-27-29(23,24)26-14-13-20/h17H,3-16,20H2,1-2H3,(H,23,24)/t17-/m1/s1. The molecule has 0 fully saturated rings. The van der Waals surface area contributed by atoms with E-state index in [1.165, 1.54) is 19.3 Å². The van der Waals surface area contributed by atoms with Gasteiger partial charge in [-0.2, -0.15) is 0 Å². The molecular formula is C19H38NO8P. The fourth-order valence-corrected chi connectivity index (χ4v) is 3.20. The summed E-state index contributed by atoms with van der Waals surface area (Å²) in [6.07, 6.45) is 7.58. The predicted molar refractivity (Wildman–Crippen MR) is 109 cm³/mol.